The maximum absolute atomic E-state index is 8.66. The Morgan fingerprint density at radius 3 is 1.23 bits per heavy atom. The van der Waals surface area contributed by atoms with Crippen LogP contribution in [0.5, 0.6) is 0 Å². The predicted octanol–water partition coefficient (Wildman–Crippen LogP) is -1.32. The van der Waals surface area contributed by atoms with E-state index in [1.165, 1.54) is 6.92 Å². The van der Waals surface area contributed by atoms with Crippen LogP contribution >= 0.6 is 0 Å². The highest BCUT2D eigenvalue weighted by Crippen LogP contribution is 2.18. The molecule has 13 heavy (non-hydrogen) atoms. The third-order valence-electron chi connectivity index (χ3n) is 1.76. The first-order chi connectivity index (χ1) is 5.97. The molecule has 5 nitrogen and oxygen atoms in total. The van der Waals surface area contributed by atoms with Gasteiger partial charge >= 0.3 is 0 Å². The molecule has 82 valence electrons. The summed E-state index contributed by atoms with van der Waals surface area (Å²) in [5.41, 5.74) is -0.667. The Morgan fingerprint density at radius 1 is 1.00 bits per heavy atom. The van der Waals surface area contributed by atoms with E-state index in [0.29, 0.717) is 6.42 Å². The van der Waals surface area contributed by atoms with Crippen molar-refractivity contribution in [3.63, 3.8) is 0 Å². The topological polar surface area (TPSA) is 101 Å². The highest BCUT2D eigenvalue weighted by Gasteiger charge is 2.24. The van der Waals surface area contributed by atoms with E-state index in [1.54, 1.807) is 0 Å². The van der Waals surface area contributed by atoms with Crippen molar-refractivity contribution in [3.05, 3.63) is 0 Å². The lowest BCUT2D eigenvalue weighted by Gasteiger charge is -2.24. The minimum atomic E-state index is -1.17. The molecule has 0 heterocycles. The summed E-state index contributed by atoms with van der Waals surface area (Å²) in [7, 11) is 0. The van der Waals surface area contributed by atoms with Crippen LogP contribution in [-0.4, -0.2) is 51.6 Å². The van der Waals surface area contributed by atoms with E-state index in [0.717, 1.165) is 0 Å². The summed E-state index contributed by atoms with van der Waals surface area (Å²) in [6, 6.07) is 0. The second-order valence-electron chi connectivity index (χ2n) is 2.96. The Bertz CT molecular complexity index is 80.4. The average molecular weight is 196 g/mol. The summed E-state index contributed by atoms with van der Waals surface area (Å²) in [5.74, 6) is 0. The molecule has 0 aliphatic carbocycles. The number of hydrogen-bond donors (Lipinski definition) is 5. The van der Waals surface area contributed by atoms with Gasteiger partial charge in [0.1, 0.15) is 6.29 Å². The van der Waals surface area contributed by atoms with Crippen molar-refractivity contribution >= 4 is 0 Å². The maximum Gasteiger partial charge on any atom is 0.148 e. The van der Waals surface area contributed by atoms with Gasteiger partial charge in [0.05, 0.1) is 19.8 Å². The van der Waals surface area contributed by atoms with Crippen molar-refractivity contribution in [2.45, 2.75) is 26.6 Å². The molecular formula is C8H20O5. The quantitative estimate of drug-likeness (QED) is 0.359. The van der Waals surface area contributed by atoms with Crippen LogP contribution in [0.4, 0.5) is 0 Å². The van der Waals surface area contributed by atoms with Crippen molar-refractivity contribution in [2.24, 2.45) is 5.41 Å². The van der Waals surface area contributed by atoms with Gasteiger partial charge in [-0.1, -0.05) is 6.92 Å². The van der Waals surface area contributed by atoms with Crippen LogP contribution < -0.4 is 0 Å². The van der Waals surface area contributed by atoms with Crippen LogP contribution in [0.15, 0.2) is 0 Å². The molecule has 0 rings (SSSR count). The summed E-state index contributed by atoms with van der Waals surface area (Å²) in [5, 5.41) is 41.2. The summed E-state index contributed by atoms with van der Waals surface area (Å²) < 4.78 is 0. The molecule has 0 fully saturated rings. The molecule has 5 heteroatoms. The zero-order valence-corrected chi connectivity index (χ0v) is 8.14. The third-order valence-corrected chi connectivity index (χ3v) is 1.76. The van der Waals surface area contributed by atoms with Crippen LogP contribution in [-0.2, 0) is 0 Å². The Morgan fingerprint density at radius 2 is 1.23 bits per heavy atom. The van der Waals surface area contributed by atoms with Crippen LogP contribution in [0.1, 0.15) is 20.3 Å². The molecule has 0 saturated heterocycles. The molecule has 0 aromatic carbocycles. The van der Waals surface area contributed by atoms with E-state index in [1.807, 2.05) is 6.92 Å². The zero-order valence-electron chi connectivity index (χ0n) is 8.14. The molecule has 0 unspecified atom stereocenters. The van der Waals surface area contributed by atoms with Crippen LogP contribution in [0.3, 0.4) is 0 Å². The SMILES string of the molecule is CC(O)O.CCC(CO)(CO)CO. The number of aliphatic hydroxyl groups excluding tert-OH is 4. The van der Waals surface area contributed by atoms with Crippen LogP contribution in [0.25, 0.3) is 0 Å². The monoisotopic (exact) mass is 196 g/mol. The van der Waals surface area contributed by atoms with Gasteiger partial charge in [-0.05, 0) is 13.3 Å². The predicted molar refractivity (Wildman–Crippen MR) is 47.9 cm³/mol. The Labute approximate surface area is 78.3 Å². The molecule has 0 saturated carbocycles. The Kier molecular flexibility index (Phi) is 9.87. The van der Waals surface area contributed by atoms with Gasteiger partial charge in [0.2, 0.25) is 0 Å². The van der Waals surface area contributed by atoms with Crippen LogP contribution in [0, 0.1) is 5.41 Å². The van der Waals surface area contributed by atoms with Gasteiger partial charge in [-0.2, -0.15) is 0 Å². The number of hydrogen-bond acceptors (Lipinski definition) is 5. The van der Waals surface area contributed by atoms with E-state index in [9.17, 15) is 0 Å². The van der Waals surface area contributed by atoms with E-state index in [2.05, 4.69) is 0 Å². The standard InChI is InChI=1S/C6H14O3.C2H6O2/c1-2-6(3-7,4-8)5-9;1-2(3)4/h7-9H,2-5H2,1H3;2-4H,1H3. The molecule has 0 radical (unpaired) electrons. The Hall–Kier alpha value is -0.200. The molecule has 0 aromatic heterocycles. The highest BCUT2D eigenvalue weighted by molar-refractivity contribution is 4.74. The summed E-state index contributed by atoms with van der Waals surface area (Å²) in [6.45, 7) is 2.63. The van der Waals surface area contributed by atoms with E-state index in [4.69, 9.17) is 25.5 Å². The molecule has 0 spiro atoms. The second-order valence-corrected chi connectivity index (χ2v) is 2.96. The molecule has 0 atom stereocenters. The van der Waals surface area contributed by atoms with Gasteiger partial charge < -0.3 is 25.5 Å². The number of aliphatic hydroxyl groups is 5. The maximum atomic E-state index is 8.66. The highest BCUT2D eigenvalue weighted by atomic mass is 16.5. The largest absolute Gasteiger partial charge is 0.396 e. The minimum absolute atomic E-state index is 0.156. The van der Waals surface area contributed by atoms with Gasteiger partial charge in [-0.3, -0.25) is 0 Å². The van der Waals surface area contributed by atoms with Crippen molar-refractivity contribution in [2.75, 3.05) is 19.8 Å². The first-order valence-corrected chi connectivity index (χ1v) is 4.16. The van der Waals surface area contributed by atoms with E-state index in [-0.39, 0.29) is 19.8 Å². The fourth-order valence-corrected chi connectivity index (χ4v) is 0.485. The lowest BCUT2D eigenvalue weighted by molar-refractivity contribution is -0.0228. The number of rotatable bonds is 4. The van der Waals surface area contributed by atoms with Crippen molar-refractivity contribution in [1.29, 1.82) is 0 Å². The van der Waals surface area contributed by atoms with Crippen molar-refractivity contribution in [1.82, 2.24) is 0 Å². The lowest BCUT2D eigenvalue weighted by Crippen LogP contribution is -2.32. The molecule has 5 N–H and O–H groups in total. The lowest BCUT2D eigenvalue weighted by atomic mass is 9.88. The fraction of sp³-hybridized carbons (Fsp3) is 1.00. The third kappa shape index (κ3) is 8.14. The average Bonchev–Trinajstić information content (AvgIpc) is 2.09. The summed E-state index contributed by atoms with van der Waals surface area (Å²) in [6.07, 6.45) is -0.573. The van der Waals surface area contributed by atoms with Gasteiger partial charge in [-0.25, -0.2) is 0 Å². The smallest absolute Gasteiger partial charge is 0.148 e. The van der Waals surface area contributed by atoms with E-state index < -0.39 is 11.7 Å². The van der Waals surface area contributed by atoms with Gasteiger partial charge in [0, 0.05) is 5.41 Å². The second kappa shape index (κ2) is 8.40. The van der Waals surface area contributed by atoms with Gasteiger partial charge in [-0.15, -0.1) is 0 Å². The fourth-order valence-electron chi connectivity index (χ4n) is 0.485. The summed E-state index contributed by atoms with van der Waals surface area (Å²) >= 11 is 0. The molecular weight excluding hydrogens is 176 g/mol. The van der Waals surface area contributed by atoms with Crippen molar-refractivity contribution in [3.8, 4) is 0 Å². The zero-order chi connectivity index (χ0) is 10.9. The van der Waals surface area contributed by atoms with Gasteiger partial charge in [0.25, 0.3) is 0 Å². The summed E-state index contributed by atoms with van der Waals surface area (Å²) in [4.78, 5) is 0. The molecule has 0 aromatic rings. The van der Waals surface area contributed by atoms with Crippen LogP contribution in [0.2, 0.25) is 0 Å². The van der Waals surface area contributed by atoms with E-state index >= 15 is 0 Å². The minimum Gasteiger partial charge on any atom is -0.396 e. The van der Waals surface area contributed by atoms with Crippen molar-refractivity contribution < 1.29 is 25.5 Å². The first kappa shape index (κ1) is 15.3. The molecule has 0 aliphatic rings. The molecule has 0 amide bonds. The Balaban J connectivity index is 0. The molecule has 0 bridgehead atoms. The van der Waals surface area contributed by atoms with Gasteiger partial charge in [0.15, 0.2) is 0 Å². The first-order valence-electron chi connectivity index (χ1n) is 4.16. The molecule has 0 aliphatic heterocycles. The normalized spacial score (nSPS) is 11.1.